The predicted octanol–water partition coefficient (Wildman–Crippen LogP) is 0.452. The Kier molecular flexibility index (Phi) is 5.87. The molecule has 122 valence electrons. The van der Waals surface area contributed by atoms with Crippen LogP contribution in [0.3, 0.4) is 0 Å². The van der Waals surface area contributed by atoms with Crippen LogP contribution in [-0.4, -0.2) is 63.6 Å². The van der Waals surface area contributed by atoms with Gasteiger partial charge in [0.2, 0.25) is 0 Å². The van der Waals surface area contributed by atoms with Crippen molar-refractivity contribution in [3.05, 3.63) is 0 Å². The molecule has 0 aromatic carbocycles. The number of nitrogens with zero attached hydrogens (tertiary/aromatic N) is 1. The molecule has 0 saturated carbocycles. The lowest BCUT2D eigenvalue weighted by molar-refractivity contribution is 0.191. The molecule has 0 aromatic rings. The van der Waals surface area contributed by atoms with Gasteiger partial charge in [-0.1, -0.05) is 6.92 Å². The molecule has 0 spiro atoms. The minimum absolute atomic E-state index is 0.0735. The fourth-order valence-corrected chi connectivity index (χ4v) is 4.81. The monoisotopic (exact) mass is 317 g/mol. The maximum absolute atomic E-state index is 11.7. The number of piperidine rings is 1. The molecular formula is C14H27N3O3S. The van der Waals surface area contributed by atoms with Crippen LogP contribution >= 0.6 is 0 Å². The van der Waals surface area contributed by atoms with Gasteiger partial charge < -0.3 is 15.5 Å². The second-order valence-corrected chi connectivity index (χ2v) is 8.66. The molecule has 0 unspecified atom stereocenters. The molecule has 2 amide bonds. The number of urea groups is 1. The van der Waals surface area contributed by atoms with Crippen molar-refractivity contribution in [3.63, 3.8) is 0 Å². The molecule has 6 nitrogen and oxygen atoms in total. The van der Waals surface area contributed by atoms with Gasteiger partial charge in [-0.3, -0.25) is 0 Å². The van der Waals surface area contributed by atoms with Crippen LogP contribution in [0.2, 0.25) is 0 Å². The van der Waals surface area contributed by atoms with Crippen LogP contribution in [0.5, 0.6) is 0 Å². The number of amides is 2. The third-order valence-corrected chi connectivity index (χ3v) is 6.30. The maximum atomic E-state index is 11.7. The zero-order valence-corrected chi connectivity index (χ0v) is 13.6. The van der Waals surface area contributed by atoms with E-state index >= 15 is 0 Å². The molecule has 0 aromatic heterocycles. The molecule has 7 heteroatoms. The van der Waals surface area contributed by atoms with Crippen molar-refractivity contribution < 1.29 is 13.2 Å². The maximum Gasteiger partial charge on any atom is 0.314 e. The number of hydrogen-bond acceptors (Lipinski definition) is 4. The molecular weight excluding hydrogens is 290 g/mol. The quantitative estimate of drug-likeness (QED) is 0.772. The normalized spacial score (nSPS) is 26.6. The largest absolute Gasteiger partial charge is 0.338 e. The number of rotatable bonds is 5. The number of sulfone groups is 1. The minimum atomic E-state index is -2.86. The van der Waals surface area contributed by atoms with E-state index < -0.39 is 9.84 Å². The van der Waals surface area contributed by atoms with E-state index in [1.54, 1.807) is 0 Å². The summed E-state index contributed by atoms with van der Waals surface area (Å²) in [6.07, 6.45) is 3.14. The Labute approximate surface area is 127 Å². The van der Waals surface area contributed by atoms with Gasteiger partial charge in [-0.05, 0) is 44.2 Å². The Bertz CT molecular complexity index is 444. The first-order valence-electron chi connectivity index (χ1n) is 7.89. The summed E-state index contributed by atoms with van der Waals surface area (Å²) in [5.74, 6) is 1.36. The molecule has 2 aliphatic heterocycles. The Morgan fingerprint density at radius 1 is 1.19 bits per heavy atom. The molecule has 2 rings (SSSR count). The average Bonchev–Trinajstić information content (AvgIpc) is 2.78. The summed E-state index contributed by atoms with van der Waals surface area (Å²) in [4.78, 5) is 14.0. The number of likely N-dealkylation sites (tertiary alicyclic amines) is 1. The lowest BCUT2D eigenvalue weighted by Gasteiger charge is -2.30. The molecule has 0 radical (unpaired) electrons. The van der Waals surface area contributed by atoms with E-state index in [9.17, 15) is 13.2 Å². The van der Waals surface area contributed by atoms with E-state index in [4.69, 9.17) is 0 Å². The molecule has 2 heterocycles. The highest BCUT2D eigenvalue weighted by molar-refractivity contribution is 7.91. The van der Waals surface area contributed by atoms with E-state index in [-0.39, 0.29) is 23.5 Å². The zero-order chi connectivity index (χ0) is 15.3. The van der Waals surface area contributed by atoms with E-state index in [1.165, 1.54) is 12.8 Å². The van der Waals surface area contributed by atoms with Gasteiger partial charge in [0.05, 0.1) is 11.5 Å². The first-order chi connectivity index (χ1) is 9.94. The minimum Gasteiger partial charge on any atom is -0.338 e. The topological polar surface area (TPSA) is 78.5 Å². The first kappa shape index (κ1) is 16.5. The lowest BCUT2D eigenvalue weighted by Crippen LogP contribution is -2.43. The van der Waals surface area contributed by atoms with Gasteiger partial charge in [-0.2, -0.15) is 0 Å². The molecule has 2 aliphatic rings. The highest BCUT2D eigenvalue weighted by Crippen LogP contribution is 2.17. The van der Waals surface area contributed by atoms with Crippen LogP contribution in [0.1, 0.15) is 26.2 Å². The Hall–Kier alpha value is -0.820. The lowest BCUT2D eigenvalue weighted by atomic mass is 9.99. The van der Waals surface area contributed by atoms with Gasteiger partial charge in [0.25, 0.3) is 0 Å². The molecule has 1 atom stereocenters. The van der Waals surface area contributed by atoms with Gasteiger partial charge >= 0.3 is 6.03 Å². The van der Waals surface area contributed by atoms with Crippen LogP contribution < -0.4 is 10.6 Å². The Balaban J connectivity index is 1.54. The first-order valence-corrected chi connectivity index (χ1v) is 9.71. The summed E-state index contributed by atoms with van der Waals surface area (Å²) in [7, 11) is -2.86. The van der Waals surface area contributed by atoms with E-state index in [0.717, 1.165) is 25.6 Å². The summed E-state index contributed by atoms with van der Waals surface area (Å²) < 4.78 is 22.6. The van der Waals surface area contributed by atoms with Gasteiger partial charge in [0.15, 0.2) is 9.84 Å². The van der Waals surface area contributed by atoms with Crippen molar-refractivity contribution in [2.75, 3.05) is 44.2 Å². The molecule has 21 heavy (non-hydrogen) atoms. The number of nitrogens with one attached hydrogen (secondary N) is 2. The molecule has 0 bridgehead atoms. The number of hydrogen-bond donors (Lipinski definition) is 2. The van der Waals surface area contributed by atoms with Crippen molar-refractivity contribution in [1.29, 1.82) is 0 Å². The standard InChI is InChI=1S/C14H27N3O3S/c1-12-2-6-17(7-3-12)8-5-15-14(18)16-10-13-4-9-21(19,20)11-13/h12-13H,2-11H2,1H3,(H2,15,16,18)/t13-/m1/s1. The van der Waals surface area contributed by atoms with Crippen molar-refractivity contribution in [1.82, 2.24) is 15.5 Å². The SMILES string of the molecule is CC1CCN(CCNC(=O)NC[C@H]2CCS(=O)(=O)C2)CC1. The number of carbonyl (C=O) groups is 1. The highest BCUT2D eigenvalue weighted by Gasteiger charge is 2.27. The van der Waals surface area contributed by atoms with Crippen molar-refractivity contribution in [3.8, 4) is 0 Å². The molecule has 2 N–H and O–H groups in total. The van der Waals surface area contributed by atoms with Crippen LogP contribution in [0.15, 0.2) is 0 Å². The van der Waals surface area contributed by atoms with Crippen LogP contribution in [-0.2, 0) is 9.84 Å². The molecule has 0 aliphatic carbocycles. The van der Waals surface area contributed by atoms with Gasteiger partial charge in [0.1, 0.15) is 0 Å². The second-order valence-electron chi connectivity index (χ2n) is 6.43. The van der Waals surface area contributed by atoms with E-state index in [1.807, 2.05) is 0 Å². The second kappa shape index (κ2) is 7.45. The van der Waals surface area contributed by atoms with Crippen LogP contribution in [0, 0.1) is 11.8 Å². The number of carbonyl (C=O) groups excluding carboxylic acids is 1. The predicted molar refractivity (Wildman–Crippen MR) is 83.0 cm³/mol. The average molecular weight is 317 g/mol. The summed E-state index contributed by atoms with van der Waals surface area (Å²) in [5.41, 5.74) is 0. The fourth-order valence-electron chi connectivity index (χ4n) is 2.95. The third-order valence-electron chi connectivity index (χ3n) is 4.47. The van der Waals surface area contributed by atoms with Crippen molar-refractivity contribution >= 4 is 15.9 Å². The smallest absolute Gasteiger partial charge is 0.314 e. The van der Waals surface area contributed by atoms with Gasteiger partial charge in [0, 0.05) is 19.6 Å². The fraction of sp³-hybridized carbons (Fsp3) is 0.929. The van der Waals surface area contributed by atoms with E-state index in [0.29, 0.717) is 19.5 Å². The van der Waals surface area contributed by atoms with Crippen LogP contribution in [0.4, 0.5) is 4.79 Å². The summed E-state index contributed by atoms with van der Waals surface area (Å²) in [5, 5.41) is 5.62. The van der Waals surface area contributed by atoms with E-state index in [2.05, 4.69) is 22.5 Å². The van der Waals surface area contributed by atoms with Crippen molar-refractivity contribution in [2.45, 2.75) is 26.2 Å². The van der Waals surface area contributed by atoms with Gasteiger partial charge in [-0.25, -0.2) is 13.2 Å². The summed E-state index contributed by atoms with van der Waals surface area (Å²) in [6, 6.07) is -0.190. The summed E-state index contributed by atoms with van der Waals surface area (Å²) >= 11 is 0. The van der Waals surface area contributed by atoms with Crippen molar-refractivity contribution in [2.24, 2.45) is 11.8 Å². The molecule has 2 saturated heterocycles. The zero-order valence-electron chi connectivity index (χ0n) is 12.8. The Morgan fingerprint density at radius 3 is 2.52 bits per heavy atom. The summed E-state index contributed by atoms with van der Waals surface area (Å²) in [6.45, 7) is 6.49. The van der Waals surface area contributed by atoms with Gasteiger partial charge in [-0.15, -0.1) is 0 Å². The van der Waals surface area contributed by atoms with Crippen LogP contribution in [0.25, 0.3) is 0 Å². The Morgan fingerprint density at radius 2 is 1.90 bits per heavy atom. The third kappa shape index (κ3) is 5.82. The highest BCUT2D eigenvalue weighted by atomic mass is 32.2. The molecule has 2 fully saturated rings.